The first-order valence-electron chi connectivity index (χ1n) is 9.45. The van der Waals surface area contributed by atoms with Gasteiger partial charge < -0.3 is 9.73 Å². The number of hydrogen-bond acceptors (Lipinski definition) is 5. The van der Waals surface area contributed by atoms with Gasteiger partial charge in [0.1, 0.15) is 5.76 Å². The van der Waals surface area contributed by atoms with Crippen LogP contribution in [-0.2, 0) is 0 Å². The van der Waals surface area contributed by atoms with Gasteiger partial charge in [0.2, 0.25) is 0 Å². The third kappa shape index (κ3) is 4.90. The summed E-state index contributed by atoms with van der Waals surface area (Å²) in [6, 6.07) is 16.9. The Morgan fingerprint density at radius 1 is 1.17 bits per heavy atom. The fourth-order valence-electron chi connectivity index (χ4n) is 2.97. The van der Waals surface area contributed by atoms with Crippen LogP contribution in [-0.4, -0.2) is 15.9 Å². The first-order chi connectivity index (χ1) is 14.4. The summed E-state index contributed by atoms with van der Waals surface area (Å²) in [5.41, 5.74) is 2.41. The molecule has 1 amide bonds. The second kappa shape index (κ2) is 9.32. The number of carbonyl (C=O) groups excluding carboxylic acids is 1. The van der Waals surface area contributed by atoms with Crippen molar-refractivity contribution in [1.82, 2.24) is 5.32 Å². The number of nitro benzene ring substituents is 1. The number of hydrogen-bond donors (Lipinski definition) is 2. The van der Waals surface area contributed by atoms with E-state index in [2.05, 4.69) is 24.5 Å². The Hall–Kier alpha value is -3.52. The van der Waals surface area contributed by atoms with E-state index in [0.717, 1.165) is 17.7 Å². The van der Waals surface area contributed by atoms with Crippen molar-refractivity contribution in [2.75, 3.05) is 5.32 Å². The van der Waals surface area contributed by atoms with Crippen LogP contribution in [0.25, 0.3) is 11.3 Å². The maximum atomic E-state index is 12.5. The summed E-state index contributed by atoms with van der Waals surface area (Å²) in [6.07, 6.45) is 0.977. The Morgan fingerprint density at radius 3 is 2.67 bits per heavy atom. The first-order valence-corrected chi connectivity index (χ1v) is 9.85. The summed E-state index contributed by atoms with van der Waals surface area (Å²) < 4.78 is 5.57. The van der Waals surface area contributed by atoms with Crippen LogP contribution in [0.2, 0.25) is 0 Å². The third-order valence-electron chi connectivity index (χ3n) is 4.75. The standard InChI is InChI=1S/C22H21N3O4S/c1-3-14(2)17-9-4-5-10-18(17)23-22(30)24-21(26)20-12-11-19(29-20)15-7-6-8-16(13-15)25(27)28/h4-14H,3H2,1-2H3,(H2,23,24,26,30)/t14-/m1/s1. The van der Waals surface area contributed by atoms with Gasteiger partial charge in [-0.15, -0.1) is 0 Å². The molecule has 0 saturated heterocycles. The molecule has 0 spiro atoms. The van der Waals surface area contributed by atoms with Gasteiger partial charge in [-0.2, -0.15) is 0 Å². The van der Waals surface area contributed by atoms with Gasteiger partial charge in [0.15, 0.2) is 10.9 Å². The van der Waals surface area contributed by atoms with E-state index in [-0.39, 0.29) is 16.6 Å². The molecule has 8 heteroatoms. The maximum Gasteiger partial charge on any atom is 0.293 e. The normalized spacial score (nSPS) is 11.5. The quantitative estimate of drug-likeness (QED) is 0.309. The number of amides is 1. The zero-order valence-electron chi connectivity index (χ0n) is 16.5. The van der Waals surface area contributed by atoms with Gasteiger partial charge in [0.25, 0.3) is 11.6 Å². The molecule has 1 aromatic heterocycles. The summed E-state index contributed by atoms with van der Waals surface area (Å²) in [5.74, 6) is 0.237. The second-order valence-electron chi connectivity index (χ2n) is 6.78. The van der Waals surface area contributed by atoms with Crippen LogP contribution in [0.4, 0.5) is 11.4 Å². The van der Waals surface area contributed by atoms with E-state index in [1.807, 2.05) is 24.3 Å². The highest BCUT2D eigenvalue weighted by Gasteiger charge is 2.16. The summed E-state index contributed by atoms with van der Waals surface area (Å²) in [6.45, 7) is 4.23. The molecule has 3 aromatic rings. The number of carbonyl (C=O) groups is 1. The minimum absolute atomic E-state index is 0.0517. The van der Waals surface area contributed by atoms with Gasteiger partial charge in [-0.1, -0.05) is 44.2 Å². The number of rotatable bonds is 6. The second-order valence-corrected chi connectivity index (χ2v) is 7.18. The smallest absolute Gasteiger partial charge is 0.293 e. The molecule has 3 rings (SSSR count). The summed E-state index contributed by atoms with van der Waals surface area (Å²) in [5, 5.41) is 16.8. The van der Waals surface area contributed by atoms with Crippen molar-refractivity contribution in [3.63, 3.8) is 0 Å². The number of non-ortho nitro benzene ring substituents is 1. The third-order valence-corrected chi connectivity index (χ3v) is 4.95. The molecule has 1 heterocycles. The Balaban J connectivity index is 1.70. The van der Waals surface area contributed by atoms with Crippen LogP contribution in [0, 0.1) is 10.1 Å². The molecular formula is C22H21N3O4S. The molecule has 30 heavy (non-hydrogen) atoms. The van der Waals surface area contributed by atoms with Crippen molar-refractivity contribution in [3.8, 4) is 11.3 Å². The van der Waals surface area contributed by atoms with Gasteiger partial charge >= 0.3 is 0 Å². The molecule has 0 saturated carbocycles. The summed E-state index contributed by atoms with van der Waals surface area (Å²) >= 11 is 5.28. The lowest BCUT2D eigenvalue weighted by atomic mass is 9.97. The average molecular weight is 423 g/mol. The SMILES string of the molecule is CC[C@@H](C)c1ccccc1NC(=S)NC(=O)c1ccc(-c2cccc([N+](=O)[O-])c2)o1. The zero-order valence-corrected chi connectivity index (χ0v) is 17.4. The molecular weight excluding hydrogens is 402 g/mol. The fraction of sp³-hybridized carbons (Fsp3) is 0.182. The van der Waals surface area contributed by atoms with E-state index in [4.69, 9.17) is 16.6 Å². The summed E-state index contributed by atoms with van der Waals surface area (Å²) in [4.78, 5) is 23.0. The average Bonchev–Trinajstić information content (AvgIpc) is 3.24. The zero-order chi connectivity index (χ0) is 21.7. The maximum absolute atomic E-state index is 12.5. The Morgan fingerprint density at radius 2 is 1.93 bits per heavy atom. The molecule has 0 aliphatic rings. The van der Waals surface area contributed by atoms with Crippen LogP contribution in [0.15, 0.2) is 65.1 Å². The van der Waals surface area contributed by atoms with Crippen LogP contribution in [0.1, 0.15) is 42.3 Å². The fourth-order valence-corrected chi connectivity index (χ4v) is 3.17. The van der Waals surface area contributed by atoms with E-state index < -0.39 is 10.8 Å². The number of benzene rings is 2. The van der Waals surface area contributed by atoms with Crippen molar-refractivity contribution >= 4 is 34.6 Å². The van der Waals surface area contributed by atoms with Crippen molar-refractivity contribution in [2.45, 2.75) is 26.2 Å². The van der Waals surface area contributed by atoms with Crippen LogP contribution >= 0.6 is 12.2 Å². The topological polar surface area (TPSA) is 97.4 Å². The molecule has 0 bridgehead atoms. The largest absolute Gasteiger partial charge is 0.451 e. The van der Waals surface area contributed by atoms with Gasteiger partial charge in [0.05, 0.1) is 4.92 Å². The summed E-state index contributed by atoms with van der Waals surface area (Å²) in [7, 11) is 0. The number of para-hydroxylation sites is 1. The Bertz CT molecular complexity index is 1090. The Labute approximate surface area is 179 Å². The van der Waals surface area contributed by atoms with Gasteiger partial charge in [0, 0.05) is 23.4 Å². The van der Waals surface area contributed by atoms with Gasteiger partial charge in [-0.3, -0.25) is 20.2 Å². The highest BCUT2D eigenvalue weighted by atomic mass is 32.1. The minimum Gasteiger partial charge on any atom is -0.451 e. The molecule has 0 fully saturated rings. The predicted molar refractivity (Wildman–Crippen MR) is 120 cm³/mol. The van der Waals surface area contributed by atoms with E-state index >= 15 is 0 Å². The van der Waals surface area contributed by atoms with Gasteiger partial charge in [-0.05, 0) is 48.3 Å². The lowest BCUT2D eigenvalue weighted by Gasteiger charge is -2.16. The molecule has 0 aliphatic heterocycles. The lowest BCUT2D eigenvalue weighted by molar-refractivity contribution is -0.384. The number of anilines is 1. The molecule has 7 nitrogen and oxygen atoms in total. The molecule has 2 aromatic carbocycles. The number of nitro groups is 1. The highest BCUT2D eigenvalue weighted by molar-refractivity contribution is 7.80. The van der Waals surface area contributed by atoms with Gasteiger partial charge in [-0.25, -0.2) is 0 Å². The molecule has 154 valence electrons. The molecule has 1 atom stereocenters. The van der Waals surface area contributed by atoms with E-state index in [0.29, 0.717) is 17.2 Å². The highest BCUT2D eigenvalue weighted by Crippen LogP contribution is 2.27. The predicted octanol–water partition coefficient (Wildman–Crippen LogP) is 5.50. The van der Waals surface area contributed by atoms with Crippen molar-refractivity contribution < 1.29 is 14.1 Å². The van der Waals surface area contributed by atoms with E-state index in [1.54, 1.807) is 18.2 Å². The lowest BCUT2D eigenvalue weighted by Crippen LogP contribution is -2.34. The minimum atomic E-state index is -0.509. The Kier molecular flexibility index (Phi) is 6.58. The van der Waals surface area contributed by atoms with E-state index in [9.17, 15) is 14.9 Å². The molecule has 0 unspecified atom stereocenters. The molecule has 2 N–H and O–H groups in total. The van der Waals surface area contributed by atoms with Crippen molar-refractivity contribution in [3.05, 3.63) is 82.1 Å². The van der Waals surface area contributed by atoms with Crippen LogP contribution < -0.4 is 10.6 Å². The van der Waals surface area contributed by atoms with Crippen LogP contribution in [0.5, 0.6) is 0 Å². The number of furan rings is 1. The molecule has 0 aliphatic carbocycles. The number of thiocarbonyl (C=S) groups is 1. The number of nitrogens with one attached hydrogen (secondary N) is 2. The first kappa shape index (κ1) is 21.2. The van der Waals surface area contributed by atoms with E-state index in [1.165, 1.54) is 18.2 Å². The monoisotopic (exact) mass is 423 g/mol. The van der Waals surface area contributed by atoms with Crippen LogP contribution in [0.3, 0.4) is 0 Å². The van der Waals surface area contributed by atoms with Crippen molar-refractivity contribution in [1.29, 1.82) is 0 Å². The van der Waals surface area contributed by atoms with Crippen molar-refractivity contribution in [2.24, 2.45) is 0 Å². The molecule has 0 radical (unpaired) electrons. The number of nitrogens with zero attached hydrogens (tertiary/aromatic N) is 1.